The highest BCUT2D eigenvalue weighted by molar-refractivity contribution is 7.15. The van der Waals surface area contributed by atoms with Crippen LogP contribution in [0.1, 0.15) is 40.7 Å². The van der Waals surface area contributed by atoms with Crippen LogP contribution in [0.25, 0.3) is 10.4 Å². The molecule has 0 atom stereocenters. The van der Waals surface area contributed by atoms with Crippen LogP contribution in [-0.2, 0) is 23.3 Å². The van der Waals surface area contributed by atoms with Gasteiger partial charge in [0, 0.05) is 35.6 Å². The van der Waals surface area contributed by atoms with Gasteiger partial charge in [0.2, 0.25) is 0 Å². The van der Waals surface area contributed by atoms with E-state index >= 15 is 0 Å². The number of ether oxygens (including phenoxy) is 1. The Labute approximate surface area is 174 Å². The zero-order valence-electron chi connectivity index (χ0n) is 16.6. The van der Waals surface area contributed by atoms with Gasteiger partial charge in [-0.05, 0) is 49.4 Å². The lowest BCUT2D eigenvalue weighted by Crippen LogP contribution is -2.48. The lowest BCUT2D eigenvalue weighted by Gasteiger charge is -2.43. The predicted molar refractivity (Wildman–Crippen MR) is 114 cm³/mol. The maximum absolute atomic E-state index is 13.0. The number of hydrogen-bond donors (Lipinski definition) is 0. The van der Waals surface area contributed by atoms with Crippen LogP contribution < -0.4 is 0 Å². The van der Waals surface area contributed by atoms with Crippen molar-refractivity contribution >= 4 is 17.2 Å². The summed E-state index contributed by atoms with van der Waals surface area (Å²) in [5, 5.41) is 4.24. The Morgan fingerprint density at radius 1 is 1.21 bits per heavy atom. The molecule has 5 nitrogen and oxygen atoms in total. The van der Waals surface area contributed by atoms with Crippen LogP contribution in [0, 0.1) is 0 Å². The van der Waals surface area contributed by atoms with E-state index in [1.54, 1.807) is 10.9 Å². The second-order valence-electron chi connectivity index (χ2n) is 7.75. The van der Waals surface area contributed by atoms with E-state index < -0.39 is 0 Å². The molecule has 0 saturated carbocycles. The molecule has 2 aliphatic heterocycles. The minimum Gasteiger partial charge on any atom is -0.369 e. The summed E-state index contributed by atoms with van der Waals surface area (Å²) < 4.78 is 8.17. The minimum atomic E-state index is -0.243. The molecule has 0 radical (unpaired) electrons. The fourth-order valence-corrected chi connectivity index (χ4v) is 5.95. The van der Waals surface area contributed by atoms with Crippen molar-refractivity contribution in [3.05, 3.63) is 64.8 Å². The maximum atomic E-state index is 13.0. The van der Waals surface area contributed by atoms with Gasteiger partial charge < -0.3 is 9.64 Å². The van der Waals surface area contributed by atoms with E-state index in [0.717, 1.165) is 25.9 Å². The smallest absolute Gasteiger partial charge is 0.272 e. The number of likely N-dealkylation sites (tertiary alicyclic amines) is 1. The Bertz CT molecular complexity index is 1020. The Morgan fingerprint density at radius 3 is 2.76 bits per heavy atom. The Morgan fingerprint density at radius 2 is 2.00 bits per heavy atom. The standard InChI is InChI=1S/C23H25N3O2S/c1-2-26-19(8-12-24-26)22(27)25-13-10-23(11-14-25)21-18(9-15-28-23)16-20(29-21)17-6-4-3-5-7-17/h3-8,12,16H,2,9-11,13-15H2,1H3. The number of benzene rings is 1. The molecule has 29 heavy (non-hydrogen) atoms. The van der Waals surface area contributed by atoms with E-state index in [0.29, 0.717) is 25.3 Å². The largest absolute Gasteiger partial charge is 0.369 e. The molecule has 1 amide bonds. The van der Waals surface area contributed by atoms with Gasteiger partial charge >= 0.3 is 0 Å². The molecular formula is C23H25N3O2S. The molecule has 1 spiro atoms. The average Bonchev–Trinajstić information content (AvgIpc) is 3.42. The Balaban J connectivity index is 1.38. The monoisotopic (exact) mass is 407 g/mol. The highest BCUT2D eigenvalue weighted by Crippen LogP contribution is 2.47. The van der Waals surface area contributed by atoms with Gasteiger partial charge in [-0.15, -0.1) is 11.3 Å². The first-order valence-corrected chi connectivity index (χ1v) is 11.2. The first-order valence-electron chi connectivity index (χ1n) is 10.3. The molecule has 2 aliphatic rings. The third-order valence-electron chi connectivity index (χ3n) is 6.12. The second kappa shape index (κ2) is 7.43. The molecule has 0 aliphatic carbocycles. The quantitative estimate of drug-likeness (QED) is 0.649. The lowest BCUT2D eigenvalue weighted by atomic mass is 9.85. The highest BCUT2D eigenvalue weighted by atomic mass is 32.1. The van der Waals surface area contributed by atoms with Crippen molar-refractivity contribution in [2.24, 2.45) is 0 Å². The molecule has 6 heteroatoms. The van der Waals surface area contributed by atoms with E-state index in [9.17, 15) is 4.79 Å². The Hall–Kier alpha value is -2.44. The van der Waals surface area contributed by atoms with Crippen molar-refractivity contribution in [3.8, 4) is 10.4 Å². The van der Waals surface area contributed by atoms with Gasteiger partial charge in [-0.25, -0.2) is 0 Å². The summed E-state index contributed by atoms with van der Waals surface area (Å²) >= 11 is 1.86. The van der Waals surface area contributed by atoms with Gasteiger partial charge in [-0.1, -0.05) is 30.3 Å². The third kappa shape index (κ3) is 3.20. The SMILES string of the molecule is CCn1nccc1C(=O)N1CCC2(CC1)OCCc1cc(-c3ccccc3)sc12. The number of thiophene rings is 1. The summed E-state index contributed by atoms with van der Waals surface area (Å²) in [6.45, 7) is 4.90. The fraction of sp³-hybridized carbons (Fsp3) is 0.391. The van der Waals surface area contributed by atoms with Crippen molar-refractivity contribution in [2.75, 3.05) is 19.7 Å². The number of amides is 1. The molecular weight excluding hydrogens is 382 g/mol. The predicted octanol–water partition coefficient (Wildman–Crippen LogP) is 4.34. The highest BCUT2D eigenvalue weighted by Gasteiger charge is 2.43. The number of aryl methyl sites for hydroxylation is 1. The van der Waals surface area contributed by atoms with Crippen molar-refractivity contribution in [2.45, 2.75) is 38.3 Å². The van der Waals surface area contributed by atoms with Crippen LogP contribution in [0.2, 0.25) is 0 Å². The summed E-state index contributed by atoms with van der Waals surface area (Å²) in [4.78, 5) is 17.6. The first kappa shape index (κ1) is 18.6. The zero-order chi connectivity index (χ0) is 19.8. The summed E-state index contributed by atoms with van der Waals surface area (Å²) in [5.41, 5.74) is 3.12. The van der Waals surface area contributed by atoms with Crippen LogP contribution in [0.15, 0.2) is 48.7 Å². The van der Waals surface area contributed by atoms with Crippen LogP contribution >= 0.6 is 11.3 Å². The lowest BCUT2D eigenvalue weighted by molar-refractivity contribution is -0.0907. The number of aromatic nitrogens is 2. The summed E-state index contributed by atoms with van der Waals surface area (Å²) in [6, 6.07) is 14.7. The van der Waals surface area contributed by atoms with Gasteiger partial charge in [-0.2, -0.15) is 5.10 Å². The average molecular weight is 408 g/mol. The van der Waals surface area contributed by atoms with Crippen molar-refractivity contribution < 1.29 is 9.53 Å². The van der Waals surface area contributed by atoms with Gasteiger partial charge in [-0.3, -0.25) is 9.48 Å². The van der Waals surface area contributed by atoms with E-state index in [4.69, 9.17) is 4.74 Å². The molecule has 150 valence electrons. The number of carbonyl (C=O) groups excluding carboxylic acids is 1. The molecule has 2 aromatic heterocycles. The molecule has 0 bridgehead atoms. The molecule has 0 unspecified atom stereocenters. The van der Waals surface area contributed by atoms with Crippen molar-refractivity contribution in [1.29, 1.82) is 0 Å². The van der Waals surface area contributed by atoms with Crippen LogP contribution in [0.5, 0.6) is 0 Å². The van der Waals surface area contributed by atoms with Gasteiger partial charge in [0.1, 0.15) is 11.3 Å². The van der Waals surface area contributed by atoms with E-state index in [-0.39, 0.29) is 11.5 Å². The minimum absolute atomic E-state index is 0.0754. The molecule has 5 rings (SSSR count). The van der Waals surface area contributed by atoms with Crippen LogP contribution in [0.3, 0.4) is 0 Å². The zero-order valence-corrected chi connectivity index (χ0v) is 17.5. The van der Waals surface area contributed by atoms with Gasteiger partial charge in [0.25, 0.3) is 5.91 Å². The summed E-state index contributed by atoms with van der Waals surface area (Å²) in [6.07, 6.45) is 4.37. The molecule has 1 fully saturated rings. The number of nitrogens with zero attached hydrogens (tertiary/aromatic N) is 3. The number of piperidine rings is 1. The number of rotatable bonds is 3. The van der Waals surface area contributed by atoms with Gasteiger partial charge in [0.05, 0.1) is 6.61 Å². The molecule has 0 N–H and O–H groups in total. The number of fused-ring (bicyclic) bond motifs is 2. The van der Waals surface area contributed by atoms with Crippen molar-refractivity contribution in [1.82, 2.24) is 14.7 Å². The third-order valence-corrected chi connectivity index (χ3v) is 7.54. The van der Waals surface area contributed by atoms with E-state index in [1.165, 1.54) is 20.9 Å². The van der Waals surface area contributed by atoms with Crippen LogP contribution in [-0.4, -0.2) is 40.3 Å². The topological polar surface area (TPSA) is 47.4 Å². The van der Waals surface area contributed by atoms with E-state index in [2.05, 4.69) is 41.5 Å². The number of carbonyl (C=O) groups is 1. The molecule has 3 aromatic rings. The number of hydrogen-bond acceptors (Lipinski definition) is 4. The molecule has 1 aromatic carbocycles. The normalized spacial score (nSPS) is 18.0. The van der Waals surface area contributed by atoms with Gasteiger partial charge in [0.15, 0.2) is 0 Å². The molecule has 4 heterocycles. The van der Waals surface area contributed by atoms with Crippen LogP contribution in [0.4, 0.5) is 0 Å². The molecule has 1 saturated heterocycles. The summed E-state index contributed by atoms with van der Waals surface area (Å²) in [7, 11) is 0. The summed E-state index contributed by atoms with van der Waals surface area (Å²) in [5.74, 6) is 0.0754. The van der Waals surface area contributed by atoms with E-state index in [1.807, 2.05) is 29.2 Å². The fourth-order valence-electron chi connectivity index (χ4n) is 4.54. The van der Waals surface area contributed by atoms with Crippen molar-refractivity contribution in [3.63, 3.8) is 0 Å². The second-order valence-corrected chi connectivity index (χ2v) is 8.80. The Kier molecular flexibility index (Phi) is 4.76. The maximum Gasteiger partial charge on any atom is 0.272 e. The first-order chi connectivity index (χ1) is 14.2.